The van der Waals surface area contributed by atoms with E-state index in [1.807, 2.05) is 27.7 Å². The van der Waals surface area contributed by atoms with Crippen LogP contribution in [0.15, 0.2) is 35.3 Å². The van der Waals surface area contributed by atoms with E-state index < -0.39 is 71.8 Å². The lowest BCUT2D eigenvalue weighted by molar-refractivity contribution is -0.143. The Hall–Kier alpha value is -3.58. The maximum Gasteiger partial charge on any atom is 0.494 e. The van der Waals surface area contributed by atoms with E-state index in [-0.39, 0.29) is 29.6 Å². The second kappa shape index (κ2) is 13.2. The third-order valence-electron chi connectivity index (χ3n) is 7.54. The molecule has 1 fully saturated rings. The summed E-state index contributed by atoms with van der Waals surface area (Å²) in [6.07, 6.45) is 1.60. The Morgan fingerprint density at radius 3 is 2.31 bits per heavy atom. The van der Waals surface area contributed by atoms with Crippen molar-refractivity contribution in [1.82, 2.24) is 15.2 Å². The molecule has 0 spiro atoms. The summed E-state index contributed by atoms with van der Waals surface area (Å²) in [5.74, 6) is -4.78. The number of carbonyl (C=O) groups is 3. The molecule has 0 aliphatic carbocycles. The Morgan fingerprint density at radius 1 is 1.07 bits per heavy atom. The lowest BCUT2D eigenvalue weighted by Gasteiger charge is -2.32. The number of rotatable bonds is 11. The number of halogens is 2. The van der Waals surface area contributed by atoms with Crippen LogP contribution in [-0.2, 0) is 30.7 Å². The highest BCUT2D eigenvalue weighted by Gasteiger charge is 2.52. The number of amides is 2. The summed E-state index contributed by atoms with van der Waals surface area (Å²) in [5, 5.41) is 5.13. The Morgan fingerprint density at radius 2 is 1.71 bits per heavy atom. The maximum absolute atomic E-state index is 15.3. The second-order valence-electron chi connectivity index (χ2n) is 11.2. The Bertz CT molecular complexity index is 1380. The van der Waals surface area contributed by atoms with Gasteiger partial charge < -0.3 is 29.2 Å². The first-order chi connectivity index (χ1) is 19.6. The molecule has 3 rings (SSSR count). The molecule has 0 unspecified atom stereocenters. The molecule has 1 saturated heterocycles. The van der Waals surface area contributed by atoms with Gasteiger partial charge in [-0.05, 0) is 64.7 Å². The number of aromatic nitrogens is 1. The third-order valence-corrected chi connectivity index (χ3v) is 7.54. The minimum atomic E-state index is -1.37. The van der Waals surface area contributed by atoms with Gasteiger partial charge in [0.05, 0.1) is 30.3 Å². The molecule has 1 aromatic heterocycles. The molecule has 2 N–H and O–H groups in total. The first-order valence-corrected chi connectivity index (χ1v) is 13.9. The van der Waals surface area contributed by atoms with Crippen LogP contribution in [0.25, 0.3) is 0 Å². The highest BCUT2D eigenvalue weighted by Crippen LogP contribution is 2.37. The van der Waals surface area contributed by atoms with Crippen LogP contribution < -0.4 is 21.7 Å². The van der Waals surface area contributed by atoms with Crippen molar-refractivity contribution >= 4 is 30.4 Å². The molecule has 2 aromatic rings. The molecule has 2 atom stereocenters. The van der Waals surface area contributed by atoms with Crippen LogP contribution in [0.4, 0.5) is 8.78 Å². The highest BCUT2D eigenvalue weighted by atomic mass is 19.2. The normalized spacial score (nSPS) is 16.9. The summed E-state index contributed by atoms with van der Waals surface area (Å²) < 4.78 is 48.5. The van der Waals surface area contributed by atoms with Crippen LogP contribution in [0, 0.1) is 11.6 Å². The number of aryl methyl sites for hydroxylation is 1. The van der Waals surface area contributed by atoms with Crippen LogP contribution in [0.1, 0.15) is 82.8 Å². The van der Waals surface area contributed by atoms with Crippen LogP contribution in [0.5, 0.6) is 0 Å². The van der Waals surface area contributed by atoms with Gasteiger partial charge >= 0.3 is 13.1 Å². The summed E-state index contributed by atoms with van der Waals surface area (Å²) in [7, 11) is 0.448. The number of pyridine rings is 1. The Balaban J connectivity index is 1.95. The van der Waals surface area contributed by atoms with Crippen LogP contribution in [0.2, 0.25) is 0 Å². The number of benzene rings is 1. The smallest absolute Gasteiger partial charge is 0.466 e. The summed E-state index contributed by atoms with van der Waals surface area (Å²) in [5.41, 5.74) is -2.40. The lowest BCUT2D eigenvalue weighted by Crippen LogP contribution is -2.49. The summed E-state index contributed by atoms with van der Waals surface area (Å²) in [6, 6.07) is 2.58. The van der Waals surface area contributed by atoms with Gasteiger partial charge in [-0.15, -0.1) is 0 Å². The first kappa shape index (κ1) is 32.9. The van der Waals surface area contributed by atoms with Crippen molar-refractivity contribution in [2.45, 2.75) is 84.1 Å². The molecular weight excluding hydrogens is 551 g/mol. The van der Waals surface area contributed by atoms with E-state index >= 15 is 4.39 Å². The van der Waals surface area contributed by atoms with Crippen molar-refractivity contribution < 1.29 is 37.2 Å². The SMILES string of the molecule is CCC[C@H](NC(=O)c1cccn(C)c1=O)C(=O)N[C@@H](CC(=O)OCC)c1cc(B2OC(C)(C)C(C)(C)O2)cc(F)c1F. The van der Waals surface area contributed by atoms with Crippen molar-refractivity contribution in [3.63, 3.8) is 0 Å². The fourth-order valence-electron chi connectivity index (χ4n) is 4.46. The van der Waals surface area contributed by atoms with E-state index in [0.29, 0.717) is 6.42 Å². The Kier molecular flexibility index (Phi) is 10.3. The van der Waals surface area contributed by atoms with E-state index in [0.717, 1.165) is 6.07 Å². The third kappa shape index (κ3) is 7.25. The summed E-state index contributed by atoms with van der Waals surface area (Å²) in [6.45, 7) is 10.6. The second-order valence-corrected chi connectivity index (χ2v) is 11.2. The molecule has 10 nitrogen and oxygen atoms in total. The zero-order valence-corrected chi connectivity index (χ0v) is 25.0. The minimum absolute atomic E-state index is 0.0326. The van der Waals surface area contributed by atoms with Gasteiger partial charge in [-0.25, -0.2) is 8.78 Å². The number of nitrogens with zero attached hydrogens (tertiary/aromatic N) is 1. The van der Waals surface area contributed by atoms with Crippen molar-refractivity contribution in [3.8, 4) is 0 Å². The number of hydrogen-bond acceptors (Lipinski definition) is 7. The van der Waals surface area contributed by atoms with Gasteiger partial charge in [0, 0.05) is 18.8 Å². The molecule has 228 valence electrons. The zero-order valence-electron chi connectivity index (χ0n) is 25.0. The van der Waals surface area contributed by atoms with Crippen molar-refractivity contribution in [2.75, 3.05) is 6.61 Å². The van der Waals surface area contributed by atoms with Gasteiger partial charge in [0.15, 0.2) is 11.6 Å². The number of hydrogen-bond donors (Lipinski definition) is 2. The van der Waals surface area contributed by atoms with E-state index in [9.17, 15) is 23.6 Å². The largest absolute Gasteiger partial charge is 0.494 e. The average Bonchev–Trinajstić information content (AvgIpc) is 3.13. The number of carbonyl (C=O) groups excluding carboxylic acids is 3. The molecule has 1 aliphatic heterocycles. The van der Waals surface area contributed by atoms with Gasteiger partial charge in [-0.1, -0.05) is 19.4 Å². The average molecular weight is 589 g/mol. The molecule has 2 heterocycles. The summed E-state index contributed by atoms with van der Waals surface area (Å²) in [4.78, 5) is 51.3. The van der Waals surface area contributed by atoms with E-state index in [4.69, 9.17) is 14.0 Å². The molecule has 0 saturated carbocycles. The van der Waals surface area contributed by atoms with Crippen LogP contribution >= 0.6 is 0 Å². The predicted octanol–water partition coefficient (Wildman–Crippen LogP) is 2.67. The molecule has 42 heavy (non-hydrogen) atoms. The molecule has 2 amide bonds. The topological polar surface area (TPSA) is 125 Å². The number of esters is 1. The van der Waals surface area contributed by atoms with E-state index in [1.165, 1.54) is 36.0 Å². The van der Waals surface area contributed by atoms with Gasteiger partial charge in [0.25, 0.3) is 11.5 Å². The summed E-state index contributed by atoms with van der Waals surface area (Å²) >= 11 is 0. The van der Waals surface area contributed by atoms with E-state index in [2.05, 4.69) is 10.6 Å². The molecular formula is C29H38BF2N3O7. The van der Waals surface area contributed by atoms with Gasteiger partial charge in [-0.2, -0.15) is 0 Å². The highest BCUT2D eigenvalue weighted by molar-refractivity contribution is 6.62. The van der Waals surface area contributed by atoms with Gasteiger partial charge in [0.2, 0.25) is 5.91 Å². The molecule has 13 heteroatoms. The number of nitrogens with one attached hydrogen (secondary N) is 2. The quantitative estimate of drug-likeness (QED) is 0.305. The van der Waals surface area contributed by atoms with E-state index in [1.54, 1.807) is 13.8 Å². The van der Waals surface area contributed by atoms with Gasteiger partial charge in [0.1, 0.15) is 11.6 Å². The molecule has 1 aromatic carbocycles. The van der Waals surface area contributed by atoms with Crippen LogP contribution in [0.3, 0.4) is 0 Å². The van der Waals surface area contributed by atoms with Crippen molar-refractivity contribution in [1.29, 1.82) is 0 Å². The van der Waals surface area contributed by atoms with Crippen molar-refractivity contribution in [2.24, 2.45) is 7.05 Å². The van der Waals surface area contributed by atoms with Crippen LogP contribution in [-0.4, -0.2) is 53.3 Å². The number of ether oxygens (including phenoxy) is 1. The maximum atomic E-state index is 15.3. The Labute approximate surface area is 244 Å². The molecule has 0 bridgehead atoms. The first-order valence-electron chi connectivity index (χ1n) is 13.9. The van der Waals surface area contributed by atoms with Gasteiger partial charge in [-0.3, -0.25) is 19.2 Å². The lowest BCUT2D eigenvalue weighted by atomic mass is 9.77. The zero-order chi connectivity index (χ0) is 31.4. The fraction of sp³-hybridized carbons (Fsp3) is 0.517. The monoisotopic (exact) mass is 589 g/mol. The van der Waals surface area contributed by atoms with Crippen molar-refractivity contribution in [3.05, 3.63) is 63.6 Å². The fourth-order valence-corrected chi connectivity index (χ4v) is 4.46. The predicted molar refractivity (Wildman–Crippen MR) is 152 cm³/mol. The minimum Gasteiger partial charge on any atom is -0.466 e. The standard InChI is InChI=1S/C29H38BF2N3O7/c1-8-11-21(33-25(37)18-12-10-13-35(7)27(18)39)26(38)34-22(16-23(36)40-9-2)19-14-17(15-20(31)24(19)32)30-41-28(3,4)29(5,6)42-30/h10,12-15,21-22H,8-9,11,16H2,1-7H3,(H,33,37)(H,34,38)/t21-,22-/m0/s1. The molecule has 0 radical (unpaired) electrons. The molecule has 1 aliphatic rings.